The number of nitrogens with one attached hydrogen (secondary N) is 1. The number of nitrogens with two attached hydrogens (primary N) is 1. The fourth-order valence-corrected chi connectivity index (χ4v) is 1.84. The van der Waals surface area contributed by atoms with Crippen LogP contribution in [0, 0.1) is 5.92 Å². The van der Waals surface area contributed by atoms with E-state index in [1.807, 2.05) is 6.92 Å². The predicted octanol–water partition coefficient (Wildman–Crippen LogP) is -0.680. The highest BCUT2D eigenvalue weighted by molar-refractivity contribution is 5.80. The van der Waals surface area contributed by atoms with E-state index in [0.717, 1.165) is 12.8 Å². The SMILES string of the molecule is CCNC(=O)C1CCN(C(=O)CN)CC1. The number of rotatable bonds is 3. The molecular formula is C10H19N3O2. The van der Waals surface area contributed by atoms with E-state index in [1.54, 1.807) is 4.90 Å². The Balaban J connectivity index is 2.35. The number of nitrogens with zero attached hydrogens (tertiary/aromatic N) is 1. The highest BCUT2D eigenvalue weighted by atomic mass is 16.2. The van der Waals surface area contributed by atoms with Crippen LogP contribution in [0.15, 0.2) is 0 Å². The molecule has 15 heavy (non-hydrogen) atoms. The number of hydrogen-bond acceptors (Lipinski definition) is 3. The van der Waals surface area contributed by atoms with Gasteiger partial charge in [-0.05, 0) is 19.8 Å². The lowest BCUT2D eigenvalue weighted by atomic mass is 9.96. The zero-order chi connectivity index (χ0) is 11.3. The second-order valence-electron chi connectivity index (χ2n) is 3.75. The van der Waals surface area contributed by atoms with Crippen molar-refractivity contribution in [2.45, 2.75) is 19.8 Å². The summed E-state index contributed by atoms with van der Waals surface area (Å²) in [5.41, 5.74) is 5.27. The smallest absolute Gasteiger partial charge is 0.236 e. The van der Waals surface area contributed by atoms with E-state index in [2.05, 4.69) is 5.32 Å². The molecule has 0 unspecified atom stereocenters. The predicted molar refractivity (Wildman–Crippen MR) is 57.0 cm³/mol. The third-order valence-corrected chi connectivity index (χ3v) is 2.74. The van der Waals surface area contributed by atoms with E-state index in [-0.39, 0.29) is 24.3 Å². The molecule has 1 heterocycles. The van der Waals surface area contributed by atoms with Crippen molar-refractivity contribution in [1.29, 1.82) is 0 Å². The monoisotopic (exact) mass is 213 g/mol. The minimum absolute atomic E-state index is 0.0238. The second kappa shape index (κ2) is 5.70. The van der Waals surface area contributed by atoms with Gasteiger partial charge in [-0.3, -0.25) is 9.59 Å². The van der Waals surface area contributed by atoms with Gasteiger partial charge in [0.25, 0.3) is 0 Å². The number of likely N-dealkylation sites (tertiary alicyclic amines) is 1. The fraction of sp³-hybridized carbons (Fsp3) is 0.800. The summed E-state index contributed by atoms with van der Waals surface area (Å²) in [6, 6.07) is 0. The molecule has 0 bridgehead atoms. The van der Waals surface area contributed by atoms with Gasteiger partial charge in [0.15, 0.2) is 0 Å². The Kier molecular flexibility index (Phi) is 4.55. The van der Waals surface area contributed by atoms with E-state index in [0.29, 0.717) is 19.6 Å². The van der Waals surface area contributed by atoms with Crippen LogP contribution in [0.3, 0.4) is 0 Å². The molecule has 1 saturated heterocycles. The van der Waals surface area contributed by atoms with Gasteiger partial charge in [0, 0.05) is 25.6 Å². The molecule has 86 valence electrons. The lowest BCUT2D eigenvalue weighted by Crippen LogP contribution is -2.44. The van der Waals surface area contributed by atoms with Gasteiger partial charge in [-0.2, -0.15) is 0 Å². The van der Waals surface area contributed by atoms with Crippen molar-refractivity contribution in [3.05, 3.63) is 0 Å². The quantitative estimate of drug-likeness (QED) is 0.652. The van der Waals surface area contributed by atoms with Crippen LogP contribution in [-0.4, -0.2) is 42.9 Å². The minimum atomic E-state index is -0.0238. The van der Waals surface area contributed by atoms with Crippen molar-refractivity contribution in [3.8, 4) is 0 Å². The Morgan fingerprint density at radius 3 is 2.47 bits per heavy atom. The molecule has 5 nitrogen and oxygen atoms in total. The molecule has 5 heteroatoms. The van der Waals surface area contributed by atoms with Crippen molar-refractivity contribution >= 4 is 11.8 Å². The molecule has 0 radical (unpaired) electrons. The number of amides is 2. The van der Waals surface area contributed by atoms with Crippen LogP contribution in [0.4, 0.5) is 0 Å². The highest BCUT2D eigenvalue weighted by Gasteiger charge is 2.26. The second-order valence-corrected chi connectivity index (χ2v) is 3.75. The first-order valence-electron chi connectivity index (χ1n) is 5.44. The van der Waals surface area contributed by atoms with Gasteiger partial charge >= 0.3 is 0 Å². The lowest BCUT2D eigenvalue weighted by Gasteiger charge is -2.31. The van der Waals surface area contributed by atoms with Crippen molar-refractivity contribution < 1.29 is 9.59 Å². The Morgan fingerprint density at radius 1 is 1.40 bits per heavy atom. The summed E-state index contributed by atoms with van der Waals surface area (Å²) in [6.07, 6.45) is 1.50. The molecule has 1 aliphatic rings. The maximum Gasteiger partial charge on any atom is 0.236 e. The lowest BCUT2D eigenvalue weighted by molar-refractivity contribution is -0.134. The number of carbonyl (C=O) groups excluding carboxylic acids is 2. The zero-order valence-electron chi connectivity index (χ0n) is 9.16. The first-order valence-corrected chi connectivity index (χ1v) is 5.44. The fourth-order valence-electron chi connectivity index (χ4n) is 1.84. The molecule has 1 fully saturated rings. The Morgan fingerprint density at radius 2 is 2.00 bits per heavy atom. The molecule has 0 aromatic heterocycles. The number of hydrogen-bond donors (Lipinski definition) is 2. The summed E-state index contributed by atoms with van der Waals surface area (Å²) in [7, 11) is 0. The van der Waals surface area contributed by atoms with Crippen LogP contribution in [0.5, 0.6) is 0 Å². The van der Waals surface area contributed by atoms with Gasteiger partial charge in [0.2, 0.25) is 11.8 Å². The molecule has 1 rings (SSSR count). The molecule has 0 atom stereocenters. The highest BCUT2D eigenvalue weighted by Crippen LogP contribution is 2.16. The molecule has 0 aromatic carbocycles. The molecular weight excluding hydrogens is 194 g/mol. The van der Waals surface area contributed by atoms with E-state index in [1.165, 1.54) is 0 Å². The van der Waals surface area contributed by atoms with E-state index >= 15 is 0 Å². The summed E-state index contributed by atoms with van der Waals surface area (Å²) >= 11 is 0. The van der Waals surface area contributed by atoms with Crippen molar-refractivity contribution in [3.63, 3.8) is 0 Å². The third kappa shape index (κ3) is 3.20. The summed E-state index contributed by atoms with van der Waals surface area (Å²) < 4.78 is 0. The van der Waals surface area contributed by atoms with Crippen molar-refractivity contribution in [2.75, 3.05) is 26.2 Å². The number of carbonyl (C=O) groups is 2. The van der Waals surface area contributed by atoms with Crippen LogP contribution >= 0.6 is 0 Å². The maximum atomic E-state index is 11.5. The van der Waals surface area contributed by atoms with Gasteiger partial charge in [-0.25, -0.2) is 0 Å². The average molecular weight is 213 g/mol. The first-order chi connectivity index (χ1) is 7.19. The summed E-state index contributed by atoms with van der Waals surface area (Å²) in [5, 5.41) is 2.81. The topological polar surface area (TPSA) is 75.4 Å². The Labute approximate surface area is 90.0 Å². The largest absolute Gasteiger partial charge is 0.356 e. The molecule has 3 N–H and O–H groups in total. The van der Waals surface area contributed by atoms with E-state index in [9.17, 15) is 9.59 Å². The zero-order valence-corrected chi connectivity index (χ0v) is 9.16. The van der Waals surface area contributed by atoms with Crippen LogP contribution in [0.2, 0.25) is 0 Å². The van der Waals surface area contributed by atoms with E-state index in [4.69, 9.17) is 5.73 Å². The van der Waals surface area contributed by atoms with Gasteiger partial charge in [-0.15, -0.1) is 0 Å². The van der Waals surface area contributed by atoms with E-state index < -0.39 is 0 Å². The Hall–Kier alpha value is -1.10. The third-order valence-electron chi connectivity index (χ3n) is 2.74. The minimum Gasteiger partial charge on any atom is -0.356 e. The van der Waals surface area contributed by atoms with Gasteiger partial charge in [-0.1, -0.05) is 0 Å². The van der Waals surface area contributed by atoms with Gasteiger partial charge in [0.1, 0.15) is 0 Å². The molecule has 0 saturated carbocycles. The standard InChI is InChI=1S/C10H19N3O2/c1-2-12-10(15)8-3-5-13(6-4-8)9(14)7-11/h8H,2-7,11H2,1H3,(H,12,15). The van der Waals surface area contributed by atoms with Crippen LogP contribution in [0.25, 0.3) is 0 Å². The molecule has 0 aromatic rings. The molecule has 1 aliphatic heterocycles. The van der Waals surface area contributed by atoms with Gasteiger partial charge < -0.3 is 16.0 Å². The maximum absolute atomic E-state index is 11.5. The van der Waals surface area contributed by atoms with Crippen LogP contribution in [-0.2, 0) is 9.59 Å². The van der Waals surface area contributed by atoms with Crippen LogP contribution < -0.4 is 11.1 Å². The number of piperidine rings is 1. The molecule has 0 aliphatic carbocycles. The summed E-state index contributed by atoms with van der Waals surface area (Å²) in [5.74, 6) is 0.147. The first kappa shape index (κ1) is 12.0. The average Bonchev–Trinajstić information content (AvgIpc) is 2.28. The molecule has 0 spiro atoms. The summed E-state index contributed by atoms with van der Waals surface area (Å²) in [4.78, 5) is 24.5. The normalized spacial score (nSPS) is 17.6. The Bertz CT molecular complexity index is 235. The van der Waals surface area contributed by atoms with Crippen molar-refractivity contribution in [2.24, 2.45) is 11.7 Å². The molecule has 2 amide bonds. The van der Waals surface area contributed by atoms with Gasteiger partial charge in [0.05, 0.1) is 6.54 Å². The summed E-state index contributed by atoms with van der Waals surface area (Å²) in [6.45, 7) is 3.94. The van der Waals surface area contributed by atoms with Crippen molar-refractivity contribution in [1.82, 2.24) is 10.2 Å². The van der Waals surface area contributed by atoms with Crippen LogP contribution in [0.1, 0.15) is 19.8 Å².